The third kappa shape index (κ3) is 10.9. The van der Waals surface area contributed by atoms with Crippen LogP contribution in [0.5, 0.6) is 0 Å². The molecule has 0 saturated heterocycles. The summed E-state index contributed by atoms with van der Waals surface area (Å²) in [5.41, 5.74) is 2.05. The molecule has 0 aliphatic heterocycles. The third-order valence-corrected chi connectivity index (χ3v) is 4.77. The van der Waals surface area contributed by atoms with E-state index in [0.29, 0.717) is 19.4 Å². The molecule has 110 valence electrons. The van der Waals surface area contributed by atoms with Crippen molar-refractivity contribution in [1.82, 2.24) is 10.6 Å². The van der Waals surface area contributed by atoms with Crippen molar-refractivity contribution in [3.8, 4) is 0 Å². The van der Waals surface area contributed by atoms with E-state index in [2.05, 4.69) is 10.6 Å². The number of allylic oxidation sites excluding steroid dienone is 2. The Balaban J connectivity index is 3.52. The molecule has 0 aromatic carbocycles. The van der Waals surface area contributed by atoms with Crippen molar-refractivity contribution in [1.29, 1.82) is 0 Å². The number of nitrogens with one attached hydrogen (secondary N) is 2. The minimum atomic E-state index is 0.0514. The van der Waals surface area contributed by atoms with E-state index in [0.717, 1.165) is 22.8 Å². The van der Waals surface area contributed by atoms with Gasteiger partial charge in [0.1, 0.15) is 0 Å². The van der Waals surface area contributed by atoms with Crippen LogP contribution in [0.3, 0.4) is 0 Å². The van der Waals surface area contributed by atoms with Gasteiger partial charge in [-0.15, -0.1) is 0 Å². The molecule has 2 amide bonds. The average Bonchev–Trinajstić information content (AvgIpc) is 2.33. The highest BCUT2D eigenvalue weighted by Gasteiger charge is 2.03. The molecular formula is C13H24N2O2S2. The molecule has 0 aromatic heterocycles. The number of hydrogen-bond acceptors (Lipinski definition) is 4. The van der Waals surface area contributed by atoms with Gasteiger partial charge in [0.05, 0.1) is 0 Å². The third-order valence-electron chi connectivity index (χ3n) is 2.36. The van der Waals surface area contributed by atoms with Gasteiger partial charge in [0.2, 0.25) is 11.8 Å². The van der Waals surface area contributed by atoms with E-state index in [-0.39, 0.29) is 11.8 Å². The molecule has 0 atom stereocenters. The van der Waals surface area contributed by atoms with Crippen molar-refractivity contribution in [2.24, 2.45) is 0 Å². The van der Waals surface area contributed by atoms with Gasteiger partial charge in [0.25, 0.3) is 0 Å². The fourth-order valence-electron chi connectivity index (χ4n) is 1.07. The van der Waals surface area contributed by atoms with Gasteiger partial charge in [-0.2, -0.15) is 0 Å². The molecule has 0 bridgehead atoms. The molecule has 0 fully saturated rings. The van der Waals surface area contributed by atoms with E-state index < -0.39 is 0 Å². The minimum Gasteiger partial charge on any atom is -0.356 e. The SMILES string of the molecule is CCNC(=O)CCSSCCC(=O)NC(C)=C(C)C. The summed E-state index contributed by atoms with van der Waals surface area (Å²) in [6, 6.07) is 0. The first-order chi connectivity index (χ1) is 8.97. The second-order valence-corrected chi connectivity index (χ2v) is 6.97. The summed E-state index contributed by atoms with van der Waals surface area (Å²) in [6.45, 7) is 8.44. The number of rotatable bonds is 9. The molecule has 0 radical (unpaired) electrons. The minimum absolute atomic E-state index is 0.0514. The van der Waals surface area contributed by atoms with Crippen molar-refractivity contribution in [2.75, 3.05) is 18.1 Å². The van der Waals surface area contributed by atoms with Crippen LogP contribution in [-0.4, -0.2) is 29.9 Å². The molecule has 19 heavy (non-hydrogen) atoms. The second kappa shape index (κ2) is 11.2. The highest BCUT2D eigenvalue weighted by atomic mass is 33.1. The molecule has 2 N–H and O–H groups in total. The Bertz CT molecular complexity index is 327. The van der Waals surface area contributed by atoms with E-state index in [1.165, 1.54) is 0 Å². The van der Waals surface area contributed by atoms with Crippen LogP contribution in [0.25, 0.3) is 0 Å². The fraction of sp³-hybridized carbons (Fsp3) is 0.692. The molecule has 0 heterocycles. The van der Waals surface area contributed by atoms with Crippen molar-refractivity contribution in [3.63, 3.8) is 0 Å². The van der Waals surface area contributed by atoms with E-state index >= 15 is 0 Å². The van der Waals surface area contributed by atoms with Gasteiger partial charge in [-0.1, -0.05) is 27.2 Å². The first-order valence-corrected chi connectivity index (χ1v) is 8.91. The Kier molecular flexibility index (Phi) is 10.9. The fourth-order valence-corrected chi connectivity index (χ4v) is 3.05. The van der Waals surface area contributed by atoms with Gasteiger partial charge < -0.3 is 10.6 Å². The first-order valence-electron chi connectivity index (χ1n) is 6.42. The normalized spacial score (nSPS) is 9.89. The maximum Gasteiger partial charge on any atom is 0.224 e. The van der Waals surface area contributed by atoms with Crippen LogP contribution >= 0.6 is 21.6 Å². The van der Waals surface area contributed by atoms with E-state index in [4.69, 9.17) is 0 Å². The maximum absolute atomic E-state index is 11.6. The van der Waals surface area contributed by atoms with Crippen molar-refractivity contribution in [3.05, 3.63) is 11.3 Å². The summed E-state index contributed by atoms with van der Waals surface area (Å²) in [7, 11) is 3.28. The molecule has 0 aliphatic rings. The topological polar surface area (TPSA) is 58.2 Å². The average molecular weight is 304 g/mol. The van der Waals surface area contributed by atoms with Crippen LogP contribution < -0.4 is 10.6 Å². The van der Waals surface area contributed by atoms with Gasteiger partial charge >= 0.3 is 0 Å². The Hall–Kier alpha value is -0.620. The summed E-state index contributed by atoms with van der Waals surface area (Å²) >= 11 is 0. The molecule has 0 saturated carbocycles. The van der Waals surface area contributed by atoms with E-state index in [1.807, 2.05) is 27.7 Å². The number of amides is 2. The predicted octanol–water partition coefficient (Wildman–Crippen LogP) is 2.71. The molecule has 0 spiro atoms. The molecule has 0 aromatic rings. The van der Waals surface area contributed by atoms with Crippen molar-refractivity contribution >= 4 is 33.4 Å². The quantitative estimate of drug-likeness (QED) is 0.508. The molecule has 0 rings (SSSR count). The zero-order valence-electron chi connectivity index (χ0n) is 12.2. The zero-order valence-corrected chi connectivity index (χ0v) is 13.8. The van der Waals surface area contributed by atoms with Gasteiger partial charge in [0.15, 0.2) is 0 Å². The highest BCUT2D eigenvalue weighted by Crippen LogP contribution is 2.22. The second-order valence-electron chi connectivity index (χ2n) is 4.27. The van der Waals surface area contributed by atoms with E-state index in [9.17, 15) is 9.59 Å². The van der Waals surface area contributed by atoms with Gasteiger partial charge in [-0.25, -0.2) is 0 Å². The summed E-state index contributed by atoms with van der Waals surface area (Å²) in [5, 5.41) is 5.62. The van der Waals surface area contributed by atoms with Crippen LogP contribution in [0.2, 0.25) is 0 Å². The van der Waals surface area contributed by atoms with Crippen LogP contribution in [0.4, 0.5) is 0 Å². The van der Waals surface area contributed by atoms with Gasteiger partial charge in [-0.3, -0.25) is 9.59 Å². The number of hydrogen-bond donors (Lipinski definition) is 2. The standard InChI is InChI=1S/C13H24N2O2S2/c1-5-14-12(16)6-8-18-19-9-7-13(17)15-11(4)10(2)3/h5-9H2,1-4H3,(H,14,16)(H,15,17). The zero-order chi connectivity index (χ0) is 14.7. The summed E-state index contributed by atoms with van der Waals surface area (Å²) < 4.78 is 0. The molecular weight excluding hydrogens is 280 g/mol. The summed E-state index contributed by atoms with van der Waals surface area (Å²) in [5.74, 6) is 1.69. The van der Waals surface area contributed by atoms with Gasteiger partial charge in [0, 0.05) is 36.6 Å². The van der Waals surface area contributed by atoms with Gasteiger partial charge in [-0.05, 0) is 27.7 Å². The lowest BCUT2D eigenvalue weighted by Gasteiger charge is -2.06. The predicted molar refractivity (Wildman–Crippen MR) is 85.0 cm³/mol. The Morgan fingerprint density at radius 2 is 1.47 bits per heavy atom. The highest BCUT2D eigenvalue weighted by molar-refractivity contribution is 8.76. The molecule has 0 aliphatic carbocycles. The van der Waals surface area contributed by atoms with Crippen molar-refractivity contribution in [2.45, 2.75) is 40.5 Å². The first kappa shape index (κ1) is 18.4. The van der Waals surface area contributed by atoms with E-state index in [1.54, 1.807) is 21.6 Å². The Morgan fingerprint density at radius 1 is 0.947 bits per heavy atom. The van der Waals surface area contributed by atoms with Crippen molar-refractivity contribution < 1.29 is 9.59 Å². The smallest absolute Gasteiger partial charge is 0.224 e. The number of carbonyl (C=O) groups excluding carboxylic acids is 2. The lowest BCUT2D eigenvalue weighted by Crippen LogP contribution is -2.22. The largest absolute Gasteiger partial charge is 0.356 e. The van der Waals surface area contributed by atoms with Crippen LogP contribution in [-0.2, 0) is 9.59 Å². The maximum atomic E-state index is 11.6. The summed E-state index contributed by atoms with van der Waals surface area (Å²) in [4.78, 5) is 22.7. The molecule has 0 unspecified atom stereocenters. The Labute approximate surface area is 123 Å². The monoisotopic (exact) mass is 304 g/mol. The van der Waals surface area contributed by atoms with Crippen LogP contribution in [0.1, 0.15) is 40.5 Å². The summed E-state index contributed by atoms with van der Waals surface area (Å²) in [6.07, 6.45) is 1.04. The lowest BCUT2D eigenvalue weighted by molar-refractivity contribution is -0.121. The molecule has 6 heteroatoms. The van der Waals surface area contributed by atoms with Crippen LogP contribution in [0, 0.1) is 0 Å². The number of carbonyl (C=O) groups is 2. The Morgan fingerprint density at radius 3 is 1.95 bits per heavy atom. The molecule has 4 nitrogen and oxygen atoms in total. The lowest BCUT2D eigenvalue weighted by atomic mass is 10.3. The van der Waals surface area contributed by atoms with Crippen LogP contribution in [0.15, 0.2) is 11.3 Å².